The van der Waals surface area contributed by atoms with E-state index < -0.39 is 0 Å². The van der Waals surface area contributed by atoms with Crippen molar-refractivity contribution in [3.05, 3.63) is 0 Å². The summed E-state index contributed by atoms with van der Waals surface area (Å²) in [7, 11) is 5.89. The highest BCUT2D eigenvalue weighted by Crippen LogP contribution is 2.11. The average molecular weight is 171 g/mol. The average Bonchev–Trinajstić information content (AvgIpc) is 1.82. The molecule has 1 aliphatic rings. The summed E-state index contributed by atoms with van der Waals surface area (Å²) in [4.78, 5) is 15.3. The predicted octanol–water partition coefficient (Wildman–Crippen LogP) is -1.02. The second-order valence-corrected chi connectivity index (χ2v) is 3.45. The Hall–Kier alpha value is -0.610. The second kappa shape index (κ2) is 3.87. The second-order valence-electron chi connectivity index (χ2n) is 3.45. The molecule has 0 bridgehead atoms. The summed E-state index contributed by atoms with van der Waals surface area (Å²) < 4.78 is 0. The molecule has 0 atom stereocenters. The van der Waals surface area contributed by atoms with Crippen LogP contribution in [0, 0.1) is 0 Å². The summed E-state index contributed by atoms with van der Waals surface area (Å²) in [6.07, 6.45) is 0. The standard InChI is InChI=1S/C8H17N3O/c1-9-4-8(12)11-5-7(6-11)10(2)3/h7,9H,4-6H2,1-3H3. The number of rotatable bonds is 3. The molecule has 1 saturated heterocycles. The Morgan fingerprint density at radius 2 is 2.17 bits per heavy atom. The first-order valence-corrected chi connectivity index (χ1v) is 4.24. The van der Waals surface area contributed by atoms with Crippen molar-refractivity contribution in [2.45, 2.75) is 6.04 Å². The van der Waals surface area contributed by atoms with Crippen LogP contribution in [0.4, 0.5) is 0 Å². The minimum Gasteiger partial charge on any atom is -0.338 e. The number of nitrogens with zero attached hydrogens (tertiary/aromatic N) is 2. The van der Waals surface area contributed by atoms with Crippen molar-refractivity contribution in [3.8, 4) is 0 Å². The smallest absolute Gasteiger partial charge is 0.236 e. The number of hydrogen-bond acceptors (Lipinski definition) is 3. The molecule has 1 aliphatic heterocycles. The molecule has 0 radical (unpaired) electrons. The maximum absolute atomic E-state index is 11.2. The van der Waals surface area contributed by atoms with Gasteiger partial charge in [-0.1, -0.05) is 0 Å². The molecule has 1 amide bonds. The van der Waals surface area contributed by atoms with Gasteiger partial charge in [0, 0.05) is 19.1 Å². The molecule has 1 N–H and O–H groups in total. The molecule has 0 aliphatic carbocycles. The van der Waals surface area contributed by atoms with Crippen LogP contribution in [0.25, 0.3) is 0 Å². The zero-order valence-electron chi connectivity index (χ0n) is 8.00. The Morgan fingerprint density at radius 3 is 2.58 bits per heavy atom. The lowest BCUT2D eigenvalue weighted by Crippen LogP contribution is -2.60. The summed E-state index contributed by atoms with van der Waals surface area (Å²) in [6.45, 7) is 2.22. The number of hydrogen-bond donors (Lipinski definition) is 1. The van der Waals surface area contributed by atoms with E-state index in [0.717, 1.165) is 13.1 Å². The molecule has 0 aromatic carbocycles. The summed E-state index contributed by atoms with van der Waals surface area (Å²) >= 11 is 0. The van der Waals surface area contributed by atoms with Gasteiger partial charge in [-0.15, -0.1) is 0 Å². The number of likely N-dealkylation sites (N-methyl/N-ethyl adjacent to an activating group) is 2. The molecule has 1 rings (SSSR count). The largest absolute Gasteiger partial charge is 0.338 e. The highest BCUT2D eigenvalue weighted by atomic mass is 16.2. The Labute approximate surface area is 73.5 Å². The third-order valence-corrected chi connectivity index (χ3v) is 2.27. The van der Waals surface area contributed by atoms with Crippen LogP contribution in [-0.4, -0.2) is 62.5 Å². The van der Waals surface area contributed by atoms with Crippen LogP contribution >= 0.6 is 0 Å². The summed E-state index contributed by atoms with van der Waals surface area (Å²) in [5, 5.41) is 2.86. The molecule has 0 aromatic heterocycles. The first-order valence-electron chi connectivity index (χ1n) is 4.24. The van der Waals surface area contributed by atoms with Gasteiger partial charge < -0.3 is 15.1 Å². The molecule has 0 saturated carbocycles. The van der Waals surface area contributed by atoms with E-state index in [1.165, 1.54) is 0 Å². The highest BCUT2D eigenvalue weighted by Gasteiger charge is 2.30. The summed E-state index contributed by atoms with van der Waals surface area (Å²) in [5.74, 6) is 0.204. The monoisotopic (exact) mass is 171 g/mol. The Kier molecular flexibility index (Phi) is 3.05. The summed E-state index contributed by atoms with van der Waals surface area (Å²) in [5.41, 5.74) is 0. The minimum atomic E-state index is 0.204. The SMILES string of the molecule is CNCC(=O)N1CC(N(C)C)C1. The number of carbonyl (C=O) groups is 1. The molecule has 1 heterocycles. The molecular formula is C8H17N3O. The van der Waals surface area contributed by atoms with Gasteiger partial charge in [0.2, 0.25) is 5.91 Å². The number of nitrogens with one attached hydrogen (secondary N) is 1. The van der Waals surface area contributed by atoms with Gasteiger partial charge in [-0.3, -0.25) is 4.79 Å². The van der Waals surface area contributed by atoms with E-state index in [1.807, 2.05) is 19.0 Å². The Morgan fingerprint density at radius 1 is 1.58 bits per heavy atom. The van der Waals surface area contributed by atoms with Crippen molar-refractivity contribution in [3.63, 3.8) is 0 Å². The lowest BCUT2D eigenvalue weighted by Gasteiger charge is -2.42. The van der Waals surface area contributed by atoms with Gasteiger partial charge in [0.25, 0.3) is 0 Å². The van der Waals surface area contributed by atoms with Gasteiger partial charge in [0.15, 0.2) is 0 Å². The van der Waals surface area contributed by atoms with Gasteiger partial charge in [-0.2, -0.15) is 0 Å². The van der Waals surface area contributed by atoms with Crippen LogP contribution in [0.3, 0.4) is 0 Å². The molecule has 0 aromatic rings. The van der Waals surface area contributed by atoms with Gasteiger partial charge in [-0.25, -0.2) is 0 Å². The number of amides is 1. The molecule has 1 fully saturated rings. The Balaban J connectivity index is 2.20. The fraction of sp³-hybridized carbons (Fsp3) is 0.875. The van der Waals surface area contributed by atoms with Crippen molar-refractivity contribution >= 4 is 5.91 Å². The van der Waals surface area contributed by atoms with E-state index >= 15 is 0 Å². The van der Waals surface area contributed by atoms with Crippen LogP contribution < -0.4 is 5.32 Å². The molecule has 4 nitrogen and oxygen atoms in total. The third kappa shape index (κ3) is 1.95. The molecular weight excluding hydrogens is 154 g/mol. The normalized spacial score (nSPS) is 18.2. The van der Waals surface area contributed by atoms with Crippen molar-refractivity contribution in [2.24, 2.45) is 0 Å². The van der Waals surface area contributed by atoms with Crippen LogP contribution in [0.5, 0.6) is 0 Å². The molecule has 0 spiro atoms. The van der Waals surface area contributed by atoms with E-state index in [4.69, 9.17) is 0 Å². The molecule has 0 unspecified atom stereocenters. The van der Waals surface area contributed by atoms with Crippen LogP contribution in [0.2, 0.25) is 0 Å². The van der Waals surface area contributed by atoms with E-state index in [2.05, 4.69) is 10.2 Å². The number of likely N-dealkylation sites (tertiary alicyclic amines) is 1. The van der Waals surface area contributed by atoms with Gasteiger partial charge in [0.05, 0.1) is 6.54 Å². The van der Waals surface area contributed by atoms with Gasteiger partial charge in [0.1, 0.15) is 0 Å². The lowest BCUT2D eigenvalue weighted by molar-refractivity contribution is -0.136. The number of carbonyl (C=O) groups excluding carboxylic acids is 1. The maximum atomic E-state index is 11.2. The molecule has 4 heteroatoms. The predicted molar refractivity (Wildman–Crippen MR) is 48.0 cm³/mol. The fourth-order valence-corrected chi connectivity index (χ4v) is 1.25. The first-order chi connectivity index (χ1) is 5.65. The van der Waals surface area contributed by atoms with Crippen molar-refractivity contribution < 1.29 is 4.79 Å². The fourth-order valence-electron chi connectivity index (χ4n) is 1.25. The summed E-state index contributed by atoms with van der Waals surface area (Å²) in [6, 6.07) is 0.561. The van der Waals surface area contributed by atoms with Crippen molar-refractivity contribution in [1.29, 1.82) is 0 Å². The quantitative estimate of drug-likeness (QED) is 0.590. The topological polar surface area (TPSA) is 35.6 Å². The first kappa shape index (κ1) is 9.48. The van der Waals surface area contributed by atoms with E-state index in [-0.39, 0.29) is 5.91 Å². The molecule has 12 heavy (non-hydrogen) atoms. The van der Waals surface area contributed by atoms with Crippen LogP contribution in [0.1, 0.15) is 0 Å². The zero-order valence-corrected chi connectivity index (χ0v) is 8.00. The van der Waals surface area contributed by atoms with Gasteiger partial charge in [-0.05, 0) is 21.1 Å². The van der Waals surface area contributed by atoms with Crippen LogP contribution in [-0.2, 0) is 4.79 Å². The van der Waals surface area contributed by atoms with E-state index in [9.17, 15) is 4.79 Å². The highest BCUT2D eigenvalue weighted by molar-refractivity contribution is 5.79. The lowest BCUT2D eigenvalue weighted by atomic mass is 10.1. The van der Waals surface area contributed by atoms with Crippen molar-refractivity contribution in [1.82, 2.24) is 15.1 Å². The van der Waals surface area contributed by atoms with Crippen LogP contribution in [0.15, 0.2) is 0 Å². The van der Waals surface area contributed by atoms with Crippen molar-refractivity contribution in [2.75, 3.05) is 40.8 Å². The third-order valence-electron chi connectivity index (χ3n) is 2.27. The van der Waals surface area contributed by atoms with E-state index in [0.29, 0.717) is 12.6 Å². The zero-order chi connectivity index (χ0) is 9.14. The van der Waals surface area contributed by atoms with E-state index in [1.54, 1.807) is 7.05 Å². The maximum Gasteiger partial charge on any atom is 0.236 e. The molecule has 70 valence electrons. The van der Waals surface area contributed by atoms with Gasteiger partial charge >= 0.3 is 0 Å². The Bertz CT molecular complexity index is 164. The minimum absolute atomic E-state index is 0.204.